The van der Waals surface area contributed by atoms with Gasteiger partial charge < -0.3 is 10.6 Å². The number of hydrogen-bond acceptors (Lipinski definition) is 3. The van der Waals surface area contributed by atoms with Crippen LogP contribution in [0.15, 0.2) is 60.7 Å². The summed E-state index contributed by atoms with van der Waals surface area (Å²) in [5, 5.41) is 4.59. The van der Waals surface area contributed by atoms with E-state index >= 15 is 0 Å². The van der Waals surface area contributed by atoms with Crippen molar-refractivity contribution in [3.8, 4) is 5.69 Å². The van der Waals surface area contributed by atoms with Gasteiger partial charge >= 0.3 is 0 Å². The fourth-order valence-corrected chi connectivity index (χ4v) is 3.17. The monoisotopic (exact) mass is 388 g/mol. The lowest BCUT2D eigenvalue weighted by Crippen LogP contribution is -2.24. The SMILES string of the molecule is Cc1nn(-c2ccccc2)c(C)c1/C=C\C(=O)N(C)Cc1cccc(C(N)=O)c1. The summed E-state index contributed by atoms with van der Waals surface area (Å²) in [6.07, 6.45) is 3.35. The van der Waals surface area contributed by atoms with E-state index in [0.717, 1.165) is 28.2 Å². The molecule has 0 saturated carbocycles. The van der Waals surface area contributed by atoms with E-state index in [0.29, 0.717) is 12.1 Å². The van der Waals surface area contributed by atoms with Gasteiger partial charge in [-0.3, -0.25) is 9.59 Å². The lowest BCUT2D eigenvalue weighted by Gasteiger charge is -2.15. The van der Waals surface area contributed by atoms with Gasteiger partial charge in [0.05, 0.1) is 11.4 Å². The van der Waals surface area contributed by atoms with Crippen LogP contribution in [0.4, 0.5) is 0 Å². The van der Waals surface area contributed by atoms with E-state index in [4.69, 9.17) is 5.73 Å². The highest BCUT2D eigenvalue weighted by Crippen LogP contribution is 2.19. The first-order chi connectivity index (χ1) is 13.9. The number of aryl methyl sites for hydroxylation is 1. The summed E-state index contributed by atoms with van der Waals surface area (Å²) in [7, 11) is 1.72. The Morgan fingerprint density at radius 1 is 1.10 bits per heavy atom. The molecule has 0 aliphatic rings. The van der Waals surface area contributed by atoms with Crippen LogP contribution in [-0.2, 0) is 11.3 Å². The zero-order valence-corrected chi connectivity index (χ0v) is 16.8. The Labute approximate surface area is 170 Å². The fourth-order valence-electron chi connectivity index (χ4n) is 3.17. The summed E-state index contributed by atoms with van der Waals surface area (Å²) in [4.78, 5) is 25.5. The van der Waals surface area contributed by atoms with E-state index in [1.54, 1.807) is 42.3 Å². The van der Waals surface area contributed by atoms with Gasteiger partial charge in [0.1, 0.15) is 0 Å². The summed E-state index contributed by atoms with van der Waals surface area (Å²) < 4.78 is 1.87. The molecule has 1 aromatic heterocycles. The van der Waals surface area contributed by atoms with Gasteiger partial charge in [-0.05, 0) is 49.8 Å². The molecule has 0 saturated heterocycles. The standard InChI is InChI=1S/C23H24N4O2/c1-16-21(17(2)27(25-16)20-10-5-4-6-11-20)12-13-22(28)26(3)15-18-8-7-9-19(14-18)23(24)29/h4-14H,15H2,1-3H3,(H2,24,29)/b13-12-. The number of carbonyl (C=O) groups is 2. The molecule has 0 unspecified atom stereocenters. The zero-order chi connectivity index (χ0) is 21.0. The predicted molar refractivity (Wildman–Crippen MR) is 114 cm³/mol. The van der Waals surface area contributed by atoms with Crippen molar-refractivity contribution in [2.45, 2.75) is 20.4 Å². The second-order valence-corrected chi connectivity index (χ2v) is 6.92. The number of para-hydroxylation sites is 1. The number of rotatable bonds is 6. The predicted octanol–water partition coefficient (Wildman–Crippen LogP) is 3.26. The third-order valence-corrected chi connectivity index (χ3v) is 4.75. The van der Waals surface area contributed by atoms with Crippen LogP contribution in [-0.4, -0.2) is 33.5 Å². The minimum Gasteiger partial charge on any atom is -0.366 e. The molecule has 2 N–H and O–H groups in total. The Kier molecular flexibility index (Phi) is 5.93. The normalized spacial score (nSPS) is 11.0. The van der Waals surface area contributed by atoms with E-state index in [9.17, 15) is 9.59 Å². The molecule has 0 bridgehead atoms. The summed E-state index contributed by atoms with van der Waals surface area (Å²) in [5.41, 5.74) is 10.3. The van der Waals surface area contributed by atoms with Crippen molar-refractivity contribution in [3.63, 3.8) is 0 Å². The molecule has 0 fully saturated rings. The van der Waals surface area contributed by atoms with Crippen molar-refractivity contribution in [3.05, 3.63) is 88.8 Å². The van der Waals surface area contributed by atoms with E-state index < -0.39 is 5.91 Å². The molecule has 6 heteroatoms. The molecule has 0 aliphatic heterocycles. The minimum atomic E-state index is -0.484. The average molecular weight is 388 g/mol. The Morgan fingerprint density at radius 2 is 1.83 bits per heavy atom. The molecule has 148 valence electrons. The third-order valence-electron chi connectivity index (χ3n) is 4.75. The van der Waals surface area contributed by atoms with E-state index in [1.807, 2.05) is 54.9 Å². The second-order valence-electron chi connectivity index (χ2n) is 6.92. The molecule has 2 amide bonds. The number of benzene rings is 2. The van der Waals surface area contributed by atoms with E-state index in [2.05, 4.69) is 5.10 Å². The molecule has 0 aliphatic carbocycles. The molecule has 1 heterocycles. The van der Waals surface area contributed by atoms with Gasteiger partial charge in [-0.1, -0.05) is 30.3 Å². The van der Waals surface area contributed by atoms with Crippen molar-refractivity contribution in [1.82, 2.24) is 14.7 Å². The lowest BCUT2D eigenvalue weighted by molar-refractivity contribution is -0.125. The number of aromatic nitrogens is 2. The van der Waals surface area contributed by atoms with Crippen molar-refractivity contribution >= 4 is 17.9 Å². The van der Waals surface area contributed by atoms with Crippen LogP contribution in [0.3, 0.4) is 0 Å². The van der Waals surface area contributed by atoms with Crippen molar-refractivity contribution in [2.24, 2.45) is 5.73 Å². The highest BCUT2D eigenvalue weighted by molar-refractivity contribution is 5.93. The maximum absolute atomic E-state index is 12.6. The number of likely N-dealkylation sites (N-methyl/N-ethyl adjacent to an activating group) is 1. The Balaban J connectivity index is 1.74. The van der Waals surface area contributed by atoms with Crippen LogP contribution in [0.1, 0.15) is 32.9 Å². The Bertz CT molecular complexity index is 1070. The Morgan fingerprint density at radius 3 is 2.52 bits per heavy atom. The van der Waals surface area contributed by atoms with Gasteiger partial charge in [0, 0.05) is 36.5 Å². The summed E-state index contributed by atoms with van der Waals surface area (Å²) >= 11 is 0. The number of hydrogen-bond donors (Lipinski definition) is 1. The van der Waals surface area contributed by atoms with Crippen molar-refractivity contribution < 1.29 is 9.59 Å². The third kappa shape index (κ3) is 4.60. The molecule has 29 heavy (non-hydrogen) atoms. The van der Waals surface area contributed by atoms with Crippen LogP contribution in [0, 0.1) is 13.8 Å². The van der Waals surface area contributed by atoms with E-state index in [-0.39, 0.29) is 5.91 Å². The summed E-state index contributed by atoms with van der Waals surface area (Å²) in [6, 6.07) is 16.9. The number of primary amides is 1. The van der Waals surface area contributed by atoms with Crippen LogP contribution in [0.25, 0.3) is 11.8 Å². The minimum absolute atomic E-state index is 0.138. The highest BCUT2D eigenvalue weighted by Gasteiger charge is 2.12. The molecule has 0 atom stereocenters. The number of nitrogens with two attached hydrogens (primary N) is 1. The fraction of sp³-hybridized carbons (Fsp3) is 0.174. The molecule has 2 aromatic carbocycles. The molecule has 6 nitrogen and oxygen atoms in total. The number of amides is 2. The van der Waals surface area contributed by atoms with Crippen LogP contribution >= 0.6 is 0 Å². The van der Waals surface area contributed by atoms with Crippen LogP contribution in [0.5, 0.6) is 0 Å². The first-order valence-corrected chi connectivity index (χ1v) is 9.30. The van der Waals surface area contributed by atoms with Crippen molar-refractivity contribution in [1.29, 1.82) is 0 Å². The van der Waals surface area contributed by atoms with Gasteiger partial charge in [-0.15, -0.1) is 0 Å². The van der Waals surface area contributed by atoms with Gasteiger partial charge in [0.2, 0.25) is 11.8 Å². The van der Waals surface area contributed by atoms with Crippen LogP contribution < -0.4 is 5.73 Å². The van der Waals surface area contributed by atoms with Gasteiger partial charge in [0.15, 0.2) is 0 Å². The molecule has 0 radical (unpaired) electrons. The van der Waals surface area contributed by atoms with Crippen molar-refractivity contribution in [2.75, 3.05) is 7.05 Å². The first-order valence-electron chi connectivity index (χ1n) is 9.30. The molecular formula is C23H24N4O2. The molecule has 0 spiro atoms. The van der Waals surface area contributed by atoms with Crippen LogP contribution in [0.2, 0.25) is 0 Å². The topological polar surface area (TPSA) is 81.2 Å². The van der Waals surface area contributed by atoms with Gasteiger partial charge in [-0.2, -0.15) is 5.10 Å². The Hall–Kier alpha value is -3.67. The maximum atomic E-state index is 12.6. The lowest BCUT2D eigenvalue weighted by atomic mass is 10.1. The van der Waals surface area contributed by atoms with Gasteiger partial charge in [-0.25, -0.2) is 4.68 Å². The van der Waals surface area contributed by atoms with Gasteiger partial charge in [0.25, 0.3) is 0 Å². The maximum Gasteiger partial charge on any atom is 0.248 e. The smallest absolute Gasteiger partial charge is 0.248 e. The summed E-state index contributed by atoms with van der Waals surface area (Å²) in [5.74, 6) is -0.622. The number of nitrogens with zero attached hydrogens (tertiary/aromatic N) is 3. The number of carbonyl (C=O) groups excluding carboxylic acids is 2. The summed E-state index contributed by atoms with van der Waals surface area (Å²) in [6.45, 7) is 4.29. The first kappa shape index (κ1) is 20.1. The molecular weight excluding hydrogens is 364 g/mol. The molecule has 3 rings (SSSR count). The zero-order valence-electron chi connectivity index (χ0n) is 16.8. The quantitative estimate of drug-likeness (QED) is 0.658. The average Bonchev–Trinajstić information content (AvgIpc) is 3.00. The second kappa shape index (κ2) is 8.56. The van der Waals surface area contributed by atoms with E-state index in [1.165, 1.54) is 0 Å². The largest absolute Gasteiger partial charge is 0.366 e. The highest BCUT2D eigenvalue weighted by atomic mass is 16.2. The molecule has 3 aromatic rings.